The Hall–Kier alpha value is -2.99. The Morgan fingerprint density at radius 3 is 2.42 bits per heavy atom. The van der Waals surface area contributed by atoms with E-state index in [0.29, 0.717) is 27.5 Å². The zero-order valence-corrected chi connectivity index (χ0v) is 14.4. The van der Waals surface area contributed by atoms with Gasteiger partial charge in [0.15, 0.2) is 5.78 Å². The third kappa shape index (κ3) is 2.42. The molecular weight excluding hydrogens is 356 g/mol. The highest BCUT2D eigenvalue weighted by Crippen LogP contribution is 2.36. The number of oxime groups is 1. The molecule has 6 nitrogen and oxygen atoms in total. The third-order valence-electron chi connectivity index (χ3n) is 4.49. The maximum Gasteiger partial charge on any atom is 0.278 e. The zero-order chi connectivity index (χ0) is 18.4. The van der Waals surface area contributed by atoms with Gasteiger partial charge in [-0.1, -0.05) is 35.0 Å². The van der Waals surface area contributed by atoms with Crippen LogP contribution in [0, 0.1) is 5.92 Å². The summed E-state index contributed by atoms with van der Waals surface area (Å²) in [5.41, 5.74) is 1.81. The minimum atomic E-state index is -0.999. The zero-order valence-electron chi connectivity index (χ0n) is 13.7. The number of nitrogens with zero attached hydrogens (tertiary/aromatic N) is 2. The summed E-state index contributed by atoms with van der Waals surface area (Å²) in [6, 6.07) is 13.3. The van der Waals surface area contributed by atoms with Crippen molar-refractivity contribution in [2.45, 2.75) is 13.0 Å². The van der Waals surface area contributed by atoms with Crippen LogP contribution in [-0.4, -0.2) is 29.4 Å². The highest BCUT2D eigenvalue weighted by Gasteiger charge is 2.56. The molecule has 0 saturated carbocycles. The fraction of sp³-hybridized carbons (Fsp3) is 0.158. The van der Waals surface area contributed by atoms with Crippen LogP contribution < -0.4 is 4.90 Å². The van der Waals surface area contributed by atoms with E-state index in [1.54, 1.807) is 48.5 Å². The fourth-order valence-electron chi connectivity index (χ4n) is 3.17. The third-order valence-corrected chi connectivity index (χ3v) is 4.82. The normalized spacial score (nSPS) is 21.5. The Labute approximate surface area is 154 Å². The van der Waals surface area contributed by atoms with E-state index < -0.39 is 23.8 Å². The number of fused-ring (bicyclic) bond motifs is 1. The number of Topliss-reactive ketones (excluding diaryl/α,β-unsaturated/α-hetero) is 1. The predicted molar refractivity (Wildman–Crippen MR) is 95.3 cm³/mol. The van der Waals surface area contributed by atoms with Gasteiger partial charge in [0.2, 0.25) is 12.0 Å². The number of anilines is 1. The number of carbonyl (C=O) groups excluding carboxylic acids is 3. The summed E-state index contributed by atoms with van der Waals surface area (Å²) >= 11 is 6.20. The van der Waals surface area contributed by atoms with E-state index in [1.807, 2.05) is 0 Å². The lowest BCUT2D eigenvalue weighted by atomic mass is 9.94. The van der Waals surface area contributed by atoms with Crippen molar-refractivity contribution >= 4 is 40.6 Å². The molecule has 2 aromatic carbocycles. The smallest absolute Gasteiger partial charge is 0.278 e. The van der Waals surface area contributed by atoms with Crippen molar-refractivity contribution in [1.82, 2.24) is 0 Å². The number of benzene rings is 2. The van der Waals surface area contributed by atoms with Crippen molar-refractivity contribution in [3.8, 4) is 0 Å². The largest absolute Gasteiger partial charge is 0.381 e. The molecular formula is C19H13ClN2O4. The van der Waals surface area contributed by atoms with Crippen LogP contribution in [0.25, 0.3) is 0 Å². The van der Waals surface area contributed by atoms with E-state index in [4.69, 9.17) is 16.4 Å². The van der Waals surface area contributed by atoms with Crippen LogP contribution in [0.4, 0.5) is 5.69 Å². The van der Waals surface area contributed by atoms with Crippen molar-refractivity contribution in [1.29, 1.82) is 0 Å². The standard InChI is InChI=1S/C19H13ClN2O4/c1-10(23)11-6-8-12(9-7-11)22-18(24)15-16(21-26-17(15)19(22)25)13-4-2-3-5-14(13)20/h2-9,15,17H,1H3/t15-,17+/m0/s1. The van der Waals surface area contributed by atoms with E-state index >= 15 is 0 Å². The van der Waals surface area contributed by atoms with Gasteiger partial charge in [-0.05, 0) is 37.3 Å². The van der Waals surface area contributed by atoms with Gasteiger partial charge in [-0.2, -0.15) is 0 Å². The average Bonchev–Trinajstić information content (AvgIpc) is 3.16. The van der Waals surface area contributed by atoms with Gasteiger partial charge in [0.25, 0.3) is 5.91 Å². The molecule has 2 amide bonds. The highest BCUT2D eigenvalue weighted by atomic mass is 35.5. The fourth-order valence-corrected chi connectivity index (χ4v) is 3.40. The van der Waals surface area contributed by atoms with E-state index in [0.717, 1.165) is 4.90 Å². The van der Waals surface area contributed by atoms with Gasteiger partial charge < -0.3 is 4.84 Å². The maximum atomic E-state index is 12.9. The number of imide groups is 1. The van der Waals surface area contributed by atoms with Crippen LogP contribution in [0.1, 0.15) is 22.8 Å². The van der Waals surface area contributed by atoms with Crippen LogP contribution in [0.3, 0.4) is 0 Å². The number of carbonyl (C=O) groups is 3. The maximum absolute atomic E-state index is 12.9. The average molecular weight is 369 g/mol. The van der Waals surface area contributed by atoms with Gasteiger partial charge in [-0.25, -0.2) is 4.90 Å². The highest BCUT2D eigenvalue weighted by molar-refractivity contribution is 6.38. The summed E-state index contributed by atoms with van der Waals surface area (Å²) in [5, 5.41) is 4.37. The first kappa shape index (κ1) is 16.5. The van der Waals surface area contributed by atoms with Crippen molar-refractivity contribution in [3.05, 3.63) is 64.7 Å². The van der Waals surface area contributed by atoms with Gasteiger partial charge in [-0.3, -0.25) is 14.4 Å². The molecule has 26 heavy (non-hydrogen) atoms. The molecule has 0 spiro atoms. The lowest BCUT2D eigenvalue weighted by Crippen LogP contribution is -2.33. The summed E-state index contributed by atoms with van der Waals surface area (Å²) in [6.45, 7) is 1.45. The van der Waals surface area contributed by atoms with Gasteiger partial charge >= 0.3 is 0 Å². The monoisotopic (exact) mass is 368 g/mol. The van der Waals surface area contributed by atoms with Crippen molar-refractivity contribution in [2.24, 2.45) is 11.1 Å². The number of hydrogen-bond donors (Lipinski definition) is 0. The molecule has 2 aromatic rings. The van der Waals surface area contributed by atoms with Crippen LogP contribution in [0.2, 0.25) is 5.02 Å². The minimum Gasteiger partial charge on any atom is -0.381 e. The summed E-state index contributed by atoms with van der Waals surface area (Å²) in [6.07, 6.45) is -0.999. The molecule has 0 N–H and O–H groups in total. The van der Waals surface area contributed by atoms with Gasteiger partial charge in [0.05, 0.1) is 5.69 Å². The summed E-state index contributed by atoms with van der Waals surface area (Å²) in [4.78, 5) is 43.4. The molecule has 2 heterocycles. The van der Waals surface area contributed by atoms with Crippen molar-refractivity contribution in [2.75, 3.05) is 4.90 Å². The Bertz CT molecular complexity index is 968. The molecule has 4 rings (SSSR count). The lowest BCUT2D eigenvalue weighted by molar-refractivity contribution is -0.126. The first-order valence-electron chi connectivity index (χ1n) is 7.96. The molecule has 0 aliphatic carbocycles. The van der Waals surface area contributed by atoms with Gasteiger partial charge in [0.1, 0.15) is 11.6 Å². The first-order chi connectivity index (χ1) is 12.5. The Morgan fingerprint density at radius 1 is 1.08 bits per heavy atom. The topological polar surface area (TPSA) is 76.0 Å². The van der Waals surface area contributed by atoms with E-state index in [9.17, 15) is 14.4 Å². The second-order valence-electron chi connectivity index (χ2n) is 6.08. The van der Waals surface area contributed by atoms with Crippen LogP contribution in [-0.2, 0) is 14.4 Å². The van der Waals surface area contributed by atoms with Crippen LogP contribution >= 0.6 is 11.6 Å². The van der Waals surface area contributed by atoms with Gasteiger partial charge in [-0.15, -0.1) is 0 Å². The molecule has 1 saturated heterocycles. The predicted octanol–water partition coefficient (Wildman–Crippen LogP) is 2.84. The molecule has 0 bridgehead atoms. The Balaban J connectivity index is 1.69. The number of hydrogen-bond acceptors (Lipinski definition) is 5. The number of ketones is 1. The molecule has 7 heteroatoms. The SMILES string of the molecule is CC(=O)c1ccc(N2C(=O)[C@H]3C(c4ccccc4Cl)=NO[C@H]3C2=O)cc1. The molecule has 1 fully saturated rings. The van der Waals surface area contributed by atoms with Crippen molar-refractivity contribution in [3.63, 3.8) is 0 Å². The Morgan fingerprint density at radius 2 is 1.77 bits per heavy atom. The second kappa shape index (κ2) is 6.07. The summed E-state index contributed by atoms with van der Waals surface area (Å²) in [5.74, 6) is -1.84. The quantitative estimate of drug-likeness (QED) is 0.616. The number of halogens is 1. The number of rotatable bonds is 3. The van der Waals surface area contributed by atoms with Crippen LogP contribution in [0.5, 0.6) is 0 Å². The Kier molecular flexibility index (Phi) is 3.85. The molecule has 2 atom stereocenters. The summed E-state index contributed by atoms with van der Waals surface area (Å²) in [7, 11) is 0. The molecule has 0 unspecified atom stereocenters. The molecule has 2 aliphatic heterocycles. The van der Waals surface area contributed by atoms with Crippen LogP contribution in [0.15, 0.2) is 53.7 Å². The summed E-state index contributed by atoms with van der Waals surface area (Å²) < 4.78 is 0. The molecule has 0 aromatic heterocycles. The van der Waals surface area contributed by atoms with Gasteiger partial charge in [0, 0.05) is 16.1 Å². The van der Waals surface area contributed by atoms with E-state index in [-0.39, 0.29) is 5.78 Å². The van der Waals surface area contributed by atoms with Crippen molar-refractivity contribution < 1.29 is 19.2 Å². The molecule has 0 radical (unpaired) electrons. The minimum absolute atomic E-state index is 0.0935. The molecule has 2 aliphatic rings. The lowest BCUT2D eigenvalue weighted by Gasteiger charge is -2.15. The molecule has 130 valence electrons. The van der Waals surface area contributed by atoms with E-state index in [2.05, 4.69) is 5.16 Å². The number of amides is 2. The first-order valence-corrected chi connectivity index (χ1v) is 8.34. The van der Waals surface area contributed by atoms with E-state index in [1.165, 1.54) is 6.92 Å². The second-order valence-corrected chi connectivity index (χ2v) is 6.48.